The van der Waals surface area contributed by atoms with Gasteiger partial charge in [0.05, 0.1) is 5.92 Å². The Morgan fingerprint density at radius 1 is 0.833 bits per heavy atom. The summed E-state index contributed by atoms with van der Waals surface area (Å²) >= 11 is 0. The molecule has 0 aliphatic carbocycles. The minimum atomic E-state index is -4.40. The molecule has 3 rings (SSSR count). The van der Waals surface area contributed by atoms with Gasteiger partial charge in [0.25, 0.3) is 0 Å². The molecule has 0 amide bonds. The number of halogens is 4. The summed E-state index contributed by atoms with van der Waals surface area (Å²) in [6.07, 6.45) is 0.838. The molecule has 0 saturated heterocycles. The quantitative estimate of drug-likeness (QED) is 0.274. The van der Waals surface area contributed by atoms with Crippen molar-refractivity contribution in [1.82, 2.24) is 0 Å². The molecule has 0 fully saturated rings. The first-order chi connectivity index (χ1) is 14.4. The maximum Gasteiger partial charge on any atom is 0.396 e. The maximum absolute atomic E-state index is 14.5. The second-order valence-corrected chi connectivity index (χ2v) is 7.39. The van der Waals surface area contributed by atoms with Gasteiger partial charge in [0.15, 0.2) is 0 Å². The second-order valence-electron chi connectivity index (χ2n) is 7.39. The van der Waals surface area contributed by atoms with E-state index >= 15 is 0 Å². The van der Waals surface area contributed by atoms with Gasteiger partial charge in [-0.15, -0.1) is 0 Å². The van der Waals surface area contributed by atoms with Gasteiger partial charge in [0.1, 0.15) is 5.82 Å². The van der Waals surface area contributed by atoms with Gasteiger partial charge in [-0.3, -0.25) is 0 Å². The van der Waals surface area contributed by atoms with E-state index in [1.165, 1.54) is 29.8 Å². The van der Waals surface area contributed by atoms with Gasteiger partial charge >= 0.3 is 6.18 Å². The third-order valence-corrected chi connectivity index (χ3v) is 5.08. The van der Waals surface area contributed by atoms with Crippen LogP contribution in [0.1, 0.15) is 47.1 Å². The summed E-state index contributed by atoms with van der Waals surface area (Å²) in [6.45, 7) is 2.12. The Morgan fingerprint density at radius 3 is 2.10 bits per heavy atom. The summed E-state index contributed by atoms with van der Waals surface area (Å²) in [6, 6.07) is 20.1. The average Bonchev–Trinajstić information content (AvgIpc) is 2.72. The maximum atomic E-state index is 14.5. The molecule has 0 radical (unpaired) electrons. The van der Waals surface area contributed by atoms with Crippen LogP contribution < -0.4 is 0 Å². The molecule has 0 nitrogen and oxygen atoms in total. The predicted octanol–water partition coefficient (Wildman–Crippen LogP) is 7.84. The van der Waals surface area contributed by atoms with E-state index in [1.807, 2.05) is 24.3 Å². The summed E-state index contributed by atoms with van der Waals surface area (Å²) in [5, 5.41) is 0. The number of aryl methyl sites for hydroxylation is 1. The van der Waals surface area contributed by atoms with Crippen LogP contribution in [0.15, 0.2) is 72.8 Å². The van der Waals surface area contributed by atoms with Crippen LogP contribution in [-0.4, -0.2) is 6.18 Å². The van der Waals surface area contributed by atoms with Crippen molar-refractivity contribution >= 4 is 12.2 Å². The highest BCUT2D eigenvalue weighted by molar-refractivity contribution is 5.70. The monoisotopic (exact) mass is 412 g/mol. The van der Waals surface area contributed by atoms with Gasteiger partial charge < -0.3 is 0 Å². The van der Waals surface area contributed by atoms with Crippen LogP contribution in [0.3, 0.4) is 0 Å². The van der Waals surface area contributed by atoms with E-state index in [0.717, 1.165) is 18.4 Å². The van der Waals surface area contributed by atoms with Crippen LogP contribution in [0.2, 0.25) is 0 Å². The molecule has 0 aliphatic heterocycles. The fourth-order valence-electron chi connectivity index (χ4n) is 3.45. The lowest BCUT2D eigenvalue weighted by Gasteiger charge is -2.21. The fourth-order valence-corrected chi connectivity index (χ4v) is 3.45. The van der Waals surface area contributed by atoms with Crippen molar-refractivity contribution in [3.8, 4) is 0 Å². The van der Waals surface area contributed by atoms with E-state index in [4.69, 9.17) is 0 Å². The molecule has 156 valence electrons. The zero-order valence-corrected chi connectivity index (χ0v) is 16.8. The number of benzene rings is 3. The predicted molar refractivity (Wildman–Crippen MR) is 115 cm³/mol. The Balaban J connectivity index is 1.75. The van der Waals surface area contributed by atoms with E-state index in [1.54, 1.807) is 36.4 Å². The SMILES string of the molecule is CCCc1ccc(/C=C/c2ccc(CC(c3ccccc3)C(F)(F)F)cc2F)cc1. The van der Waals surface area contributed by atoms with Gasteiger partial charge in [-0.1, -0.05) is 92.2 Å². The molecule has 0 heterocycles. The summed E-state index contributed by atoms with van der Waals surface area (Å²) in [7, 11) is 0. The normalized spacial score (nSPS) is 13.0. The molecule has 0 spiro atoms. The van der Waals surface area contributed by atoms with Gasteiger partial charge in [-0.05, 0) is 41.2 Å². The van der Waals surface area contributed by atoms with Crippen molar-refractivity contribution in [3.05, 3.63) is 106 Å². The van der Waals surface area contributed by atoms with Crippen molar-refractivity contribution in [1.29, 1.82) is 0 Å². The zero-order valence-electron chi connectivity index (χ0n) is 16.8. The molecule has 4 heteroatoms. The first-order valence-electron chi connectivity index (χ1n) is 10.0. The van der Waals surface area contributed by atoms with Crippen molar-refractivity contribution in [2.45, 2.75) is 38.3 Å². The Bertz CT molecular complexity index is 970. The molecular formula is C26H24F4. The first-order valence-corrected chi connectivity index (χ1v) is 10.0. The van der Waals surface area contributed by atoms with Crippen LogP contribution in [0.5, 0.6) is 0 Å². The van der Waals surface area contributed by atoms with Gasteiger partial charge in [-0.25, -0.2) is 4.39 Å². The van der Waals surface area contributed by atoms with Gasteiger partial charge in [0, 0.05) is 5.56 Å². The third kappa shape index (κ3) is 5.82. The molecule has 3 aromatic carbocycles. The number of hydrogen-bond acceptors (Lipinski definition) is 0. The highest BCUT2D eigenvalue weighted by Gasteiger charge is 2.40. The van der Waals surface area contributed by atoms with E-state index in [2.05, 4.69) is 6.92 Å². The van der Waals surface area contributed by atoms with Crippen LogP contribution in [0.4, 0.5) is 17.6 Å². The zero-order chi connectivity index (χ0) is 21.6. The highest BCUT2D eigenvalue weighted by atomic mass is 19.4. The molecule has 0 bridgehead atoms. The summed E-state index contributed by atoms with van der Waals surface area (Å²) in [4.78, 5) is 0. The first kappa shape index (κ1) is 21.8. The van der Waals surface area contributed by atoms with Crippen molar-refractivity contribution in [3.63, 3.8) is 0 Å². The Hall–Kier alpha value is -2.88. The second kappa shape index (κ2) is 9.75. The molecule has 1 unspecified atom stereocenters. The van der Waals surface area contributed by atoms with Crippen molar-refractivity contribution < 1.29 is 17.6 Å². The lowest BCUT2D eigenvalue weighted by Crippen LogP contribution is -2.23. The molecule has 0 aromatic heterocycles. The average molecular weight is 412 g/mol. The highest BCUT2D eigenvalue weighted by Crippen LogP contribution is 2.37. The molecule has 30 heavy (non-hydrogen) atoms. The molecule has 0 N–H and O–H groups in total. The van der Waals surface area contributed by atoms with Gasteiger partial charge in [0.2, 0.25) is 0 Å². The van der Waals surface area contributed by atoms with Crippen LogP contribution >= 0.6 is 0 Å². The molecule has 0 saturated carbocycles. The third-order valence-electron chi connectivity index (χ3n) is 5.08. The summed E-state index contributed by atoms with van der Waals surface area (Å²) in [5.74, 6) is -2.19. The smallest absolute Gasteiger partial charge is 0.206 e. The molecule has 0 aliphatic rings. The lowest BCUT2D eigenvalue weighted by atomic mass is 9.91. The van der Waals surface area contributed by atoms with Crippen LogP contribution in [0.25, 0.3) is 12.2 Å². The van der Waals surface area contributed by atoms with Crippen LogP contribution in [0, 0.1) is 5.82 Å². The molecule has 1 atom stereocenters. The standard InChI is InChI=1S/C26H24F4/c1-2-6-19-9-11-20(12-10-19)13-15-23-16-14-21(18-25(23)27)17-24(26(28,29)30)22-7-4-3-5-8-22/h3-5,7-16,18,24H,2,6,17H2,1H3/b15-13+. The largest absolute Gasteiger partial charge is 0.396 e. The Kier molecular flexibility index (Phi) is 7.09. The number of hydrogen-bond donors (Lipinski definition) is 0. The van der Waals surface area contributed by atoms with E-state index in [0.29, 0.717) is 11.1 Å². The molecule has 3 aromatic rings. The van der Waals surface area contributed by atoms with E-state index in [9.17, 15) is 17.6 Å². The lowest BCUT2D eigenvalue weighted by molar-refractivity contribution is -0.150. The topological polar surface area (TPSA) is 0 Å². The van der Waals surface area contributed by atoms with E-state index < -0.39 is 17.9 Å². The number of alkyl halides is 3. The minimum absolute atomic E-state index is 0.181. The summed E-state index contributed by atoms with van der Waals surface area (Å²) in [5.41, 5.74) is 3.04. The Labute approximate surface area is 174 Å². The van der Waals surface area contributed by atoms with Crippen molar-refractivity contribution in [2.75, 3.05) is 0 Å². The number of rotatable bonds is 7. The van der Waals surface area contributed by atoms with Gasteiger partial charge in [-0.2, -0.15) is 13.2 Å². The fraction of sp³-hybridized carbons (Fsp3) is 0.231. The molecular weight excluding hydrogens is 388 g/mol. The summed E-state index contributed by atoms with van der Waals surface area (Å²) < 4.78 is 55.2. The Morgan fingerprint density at radius 2 is 1.50 bits per heavy atom. The van der Waals surface area contributed by atoms with Crippen molar-refractivity contribution in [2.24, 2.45) is 0 Å². The van der Waals surface area contributed by atoms with Crippen LogP contribution in [-0.2, 0) is 12.8 Å². The minimum Gasteiger partial charge on any atom is -0.206 e. The van der Waals surface area contributed by atoms with E-state index in [-0.39, 0.29) is 12.0 Å².